The van der Waals surface area contributed by atoms with Gasteiger partial charge in [0.15, 0.2) is 17.0 Å². The van der Waals surface area contributed by atoms with Gasteiger partial charge in [0.05, 0.1) is 18.1 Å². The summed E-state index contributed by atoms with van der Waals surface area (Å²) in [4.78, 5) is 31.2. The Kier molecular flexibility index (Phi) is 9.88. The molecule has 3 atom stereocenters. The number of anilines is 2. The molecule has 4 rings (SSSR count). The number of benzene rings is 1. The number of nitrogens with one attached hydrogen (secondary N) is 2. The first-order valence-corrected chi connectivity index (χ1v) is 14.4. The zero-order valence-electron chi connectivity index (χ0n) is 24.8. The number of rotatable bonds is 13. The number of nitrogens with zero attached hydrogens (tertiary/aromatic N) is 5. The van der Waals surface area contributed by atoms with Crippen LogP contribution >= 0.6 is 0 Å². The van der Waals surface area contributed by atoms with Crippen molar-refractivity contribution in [3.63, 3.8) is 0 Å². The lowest BCUT2D eigenvalue weighted by molar-refractivity contribution is -0.151. The molecule has 0 spiro atoms. The predicted octanol–water partition coefficient (Wildman–Crippen LogP) is 5.58. The molecule has 4 aromatic rings. The molecule has 10 nitrogen and oxygen atoms in total. The van der Waals surface area contributed by atoms with Gasteiger partial charge in [-0.3, -0.25) is 9.78 Å². The molecule has 0 amide bonds. The van der Waals surface area contributed by atoms with Gasteiger partial charge in [0.25, 0.3) is 0 Å². The minimum absolute atomic E-state index is 0.166. The predicted molar refractivity (Wildman–Crippen MR) is 163 cm³/mol. The van der Waals surface area contributed by atoms with Gasteiger partial charge >= 0.3 is 5.97 Å². The average Bonchev–Trinajstić information content (AvgIpc) is 3.39. The smallest absolute Gasteiger partial charge is 0.323 e. The molecule has 0 fully saturated rings. The fourth-order valence-corrected chi connectivity index (χ4v) is 4.67. The molecule has 0 bridgehead atoms. The number of pyridine rings is 1. The van der Waals surface area contributed by atoms with E-state index in [1.165, 1.54) is 0 Å². The lowest BCUT2D eigenvalue weighted by Gasteiger charge is -2.26. The van der Waals surface area contributed by atoms with Crippen molar-refractivity contribution in [3.05, 3.63) is 60.6 Å². The summed E-state index contributed by atoms with van der Waals surface area (Å²) < 4.78 is 7.75. The van der Waals surface area contributed by atoms with Gasteiger partial charge in [-0.2, -0.15) is 9.97 Å². The van der Waals surface area contributed by atoms with Crippen molar-refractivity contribution in [2.24, 2.45) is 11.7 Å². The Morgan fingerprint density at radius 1 is 1.02 bits per heavy atom. The second-order valence-electron chi connectivity index (χ2n) is 11.1. The highest BCUT2D eigenvalue weighted by Gasteiger charge is 2.25. The van der Waals surface area contributed by atoms with Crippen LogP contribution in [0.25, 0.3) is 22.4 Å². The maximum atomic E-state index is 12.6. The zero-order chi connectivity index (χ0) is 29.5. The van der Waals surface area contributed by atoms with E-state index in [0.29, 0.717) is 42.6 Å². The van der Waals surface area contributed by atoms with Crippen LogP contribution in [0.2, 0.25) is 0 Å². The molecule has 0 aliphatic carbocycles. The molecule has 4 N–H and O–H groups in total. The van der Waals surface area contributed by atoms with Gasteiger partial charge in [-0.15, -0.1) is 0 Å². The summed E-state index contributed by atoms with van der Waals surface area (Å²) in [5, 5.41) is 6.85. The number of nitrogens with two attached hydrogens (primary N) is 1. The third kappa shape index (κ3) is 7.58. The summed E-state index contributed by atoms with van der Waals surface area (Å²) >= 11 is 0. The van der Waals surface area contributed by atoms with Gasteiger partial charge < -0.3 is 25.7 Å². The third-order valence-corrected chi connectivity index (χ3v) is 7.00. The molecule has 3 aromatic heterocycles. The van der Waals surface area contributed by atoms with Crippen LogP contribution in [-0.2, 0) is 16.1 Å². The minimum atomic E-state index is -0.642. The molecule has 0 aliphatic rings. The molecular formula is C31H42N8O2. The standard InChI is InChI=1S/C31H42N8O2/c1-7-25(21(6)41-30(40)24(32)16-19(2)3)36-31-37-28(27-29(38-31)39(18-35-27)20(4)5)34-17-22-11-13-23(14-12-22)26-10-8-9-15-33-26/h8-15,18-21,24-25H,7,16-17,32H2,1-6H3,(H2,34,36,37,38)/t21-,24+,25?/m0/s1. The van der Waals surface area contributed by atoms with E-state index < -0.39 is 18.1 Å². The molecule has 1 aromatic carbocycles. The number of fused-ring (bicyclic) bond motifs is 1. The van der Waals surface area contributed by atoms with Crippen LogP contribution in [0.4, 0.5) is 11.8 Å². The molecule has 218 valence electrons. The summed E-state index contributed by atoms with van der Waals surface area (Å²) in [5.41, 5.74) is 10.6. The van der Waals surface area contributed by atoms with Crippen molar-refractivity contribution in [2.75, 3.05) is 10.6 Å². The average molecular weight is 559 g/mol. The van der Waals surface area contributed by atoms with Gasteiger partial charge in [0.1, 0.15) is 12.1 Å². The van der Waals surface area contributed by atoms with E-state index in [1.807, 2.05) is 50.5 Å². The lowest BCUT2D eigenvalue weighted by atomic mass is 10.0. The van der Waals surface area contributed by atoms with Crippen LogP contribution < -0.4 is 16.4 Å². The zero-order valence-corrected chi connectivity index (χ0v) is 24.8. The van der Waals surface area contributed by atoms with Crippen molar-refractivity contribution in [1.29, 1.82) is 0 Å². The minimum Gasteiger partial charge on any atom is -0.459 e. The van der Waals surface area contributed by atoms with Crippen LogP contribution in [0, 0.1) is 5.92 Å². The molecule has 41 heavy (non-hydrogen) atoms. The third-order valence-electron chi connectivity index (χ3n) is 7.00. The van der Waals surface area contributed by atoms with Crippen molar-refractivity contribution >= 4 is 28.9 Å². The fraction of sp³-hybridized carbons (Fsp3) is 0.452. The number of ether oxygens (including phenoxy) is 1. The van der Waals surface area contributed by atoms with Crippen LogP contribution in [0.5, 0.6) is 0 Å². The number of carbonyl (C=O) groups is 1. The molecule has 0 saturated carbocycles. The van der Waals surface area contributed by atoms with Crippen molar-refractivity contribution in [1.82, 2.24) is 24.5 Å². The van der Waals surface area contributed by atoms with E-state index in [9.17, 15) is 4.79 Å². The molecule has 1 unspecified atom stereocenters. The largest absolute Gasteiger partial charge is 0.459 e. The molecule has 0 saturated heterocycles. The number of aromatic nitrogens is 5. The summed E-state index contributed by atoms with van der Waals surface area (Å²) in [7, 11) is 0. The van der Waals surface area contributed by atoms with E-state index in [4.69, 9.17) is 20.4 Å². The SMILES string of the molecule is CCC(Nc1nc(NCc2ccc(-c3ccccn3)cc2)c2ncn(C(C)C)c2n1)[C@H](C)OC(=O)[C@H](N)CC(C)C. The van der Waals surface area contributed by atoms with Crippen LogP contribution in [0.3, 0.4) is 0 Å². The van der Waals surface area contributed by atoms with Crippen LogP contribution in [0.15, 0.2) is 55.0 Å². The van der Waals surface area contributed by atoms with Gasteiger partial charge in [0.2, 0.25) is 5.95 Å². The topological polar surface area (TPSA) is 133 Å². The van der Waals surface area contributed by atoms with Crippen LogP contribution in [-0.4, -0.2) is 48.7 Å². The van der Waals surface area contributed by atoms with Crippen molar-refractivity contribution < 1.29 is 9.53 Å². The molecule has 10 heteroatoms. The highest BCUT2D eigenvalue weighted by Crippen LogP contribution is 2.25. The van der Waals surface area contributed by atoms with Gasteiger partial charge in [-0.05, 0) is 57.2 Å². The van der Waals surface area contributed by atoms with Crippen LogP contribution in [0.1, 0.15) is 66.0 Å². The summed E-state index contributed by atoms with van der Waals surface area (Å²) in [6.45, 7) is 12.7. The molecule has 0 radical (unpaired) electrons. The normalized spacial score (nSPS) is 13.8. The summed E-state index contributed by atoms with van der Waals surface area (Å²) in [5.74, 6) is 0.985. The number of hydrogen-bond donors (Lipinski definition) is 3. The quantitative estimate of drug-likeness (QED) is 0.180. The first kappa shape index (κ1) is 29.9. The highest BCUT2D eigenvalue weighted by atomic mass is 16.5. The Balaban J connectivity index is 1.53. The monoisotopic (exact) mass is 558 g/mol. The molecular weight excluding hydrogens is 516 g/mol. The second-order valence-corrected chi connectivity index (χ2v) is 11.1. The summed E-state index contributed by atoms with van der Waals surface area (Å²) in [6, 6.07) is 13.5. The first-order chi connectivity index (χ1) is 19.7. The highest BCUT2D eigenvalue weighted by molar-refractivity contribution is 5.84. The molecule has 3 heterocycles. The van der Waals surface area contributed by atoms with E-state index in [-0.39, 0.29) is 12.1 Å². The molecule has 0 aliphatic heterocycles. The second kappa shape index (κ2) is 13.5. The van der Waals surface area contributed by atoms with E-state index in [2.05, 4.69) is 58.7 Å². The van der Waals surface area contributed by atoms with Gasteiger partial charge in [0, 0.05) is 24.3 Å². The van der Waals surface area contributed by atoms with E-state index in [1.54, 1.807) is 12.5 Å². The number of imidazole rings is 1. The maximum Gasteiger partial charge on any atom is 0.323 e. The summed E-state index contributed by atoms with van der Waals surface area (Å²) in [6.07, 6.45) is 4.44. The Hall–Kier alpha value is -4.05. The van der Waals surface area contributed by atoms with E-state index >= 15 is 0 Å². The van der Waals surface area contributed by atoms with Gasteiger partial charge in [-0.1, -0.05) is 51.1 Å². The number of carbonyl (C=O) groups excluding carboxylic acids is 1. The number of hydrogen-bond acceptors (Lipinski definition) is 9. The Labute approximate surface area is 242 Å². The number of esters is 1. The Bertz CT molecular complexity index is 1420. The Morgan fingerprint density at radius 3 is 2.41 bits per heavy atom. The van der Waals surface area contributed by atoms with Crippen molar-refractivity contribution in [3.8, 4) is 11.3 Å². The van der Waals surface area contributed by atoms with Gasteiger partial charge in [-0.25, -0.2) is 4.98 Å². The maximum absolute atomic E-state index is 12.6. The fourth-order valence-electron chi connectivity index (χ4n) is 4.67. The lowest BCUT2D eigenvalue weighted by Crippen LogP contribution is -2.41. The van der Waals surface area contributed by atoms with Crippen molar-refractivity contribution in [2.45, 2.75) is 85.2 Å². The first-order valence-electron chi connectivity index (χ1n) is 14.4. The Morgan fingerprint density at radius 2 is 1.78 bits per heavy atom. The van der Waals surface area contributed by atoms with E-state index in [0.717, 1.165) is 22.5 Å².